The zero-order valence-corrected chi connectivity index (χ0v) is 17.1. The zero-order chi connectivity index (χ0) is 23.3. The van der Waals surface area contributed by atoms with Crippen molar-refractivity contribution in [1.82, 2.24) is 16.0 Å². The minimum atomic E-state index is -1.56. The minimum Gasteiger partial charge on any atom is -0.481 e. The molecule has 0 aromatic heterocycles. The van der Waals surface area contributed by atoms with Crippen molar-refractivity contribution >= 4 is 42.3 Å². The molecule has 30 heavy (non-hydrogen) atoms. The second kappa shape index (κ2) is 14.5. The number of aliphatic carboxylic acids is 2. The van der Waals surface area contributed by atoms with E-state index in [9.17, 15) is 24.0 Å². The highest BCUT2D eigenvalue weighted by atomic mass is 32.1. The number of hydrogen-bond acceptors (Lipinski definition) is 9. The maximum Gasteiger partial charge on any atom is 0.328 e. The van der Waals surface area contributed by atoms with E-state index < -0.39 is 66.9 Å². The Kier molecular flexibility index (Phi) is 13.4. The molecule has 0 aliphatic heterocycles. The fraction of sp³-hybridized carbons (Fsp3) is 0.688. The van der Waals surface area contributed by atoms with Crippen LogP contribution in [0.2, 0.25) is 0 Å². The number of amides is 3. The number of carboxylic acids is 2. The number of aliphatic hydroxyl groups is 1. The first kappa shape index (κ1) is 27.6. The molecule has 0 spiro atoms. The number of nitrogens with one attached hydrogen (secondary N) is 3. The highest BCUT2D eigenvalue weighted by Crippen LogP contribution is 2.04. The summed E-state index contributed by atoms with van der Waals surface area (Å²) in [5, 5.41) is 33.3. The lowest BCUT2D eigenvalue weighted by atomic mass is 10.1. The third-order valence-electron chi connectivity index (χ3n) is 3.92. The largest absolute Gasteiger partial charge is 0.481 e. The van der Waals surface area contributed by atoms with Gasteiger partial charge in [-0.1, -0.05) is 0 Å². The normalized spacial score (nSPS) is 14.7. The molecule has 0 saturated carbocycles. The van der Waals surface area contributed by atoms with Crippen LogP contribution in [0.5, 0.6) is 0 Å². The second-order valence-corrected chi connectivity index (χ2v) is 6.74. The number of hydrogen-bond donors (Lipinski definition) is 9. The molecule has 13 nitrogen and oxygen atoms in total. The molecule has 0 aliphatic rings. The van der Waals surface area contributed by atoms with E-state index in [1.165, 1.54) is 0 Å². The highest BCUT2D eigenvalue weighted by Gasteiger charge is 2.29. The summed E-state index contributed by atoms with van der Waals surface area (Å²) >= 11 is 3.95. The minimum absolute atomic E-state index is 0.143. The molecule has 3 amide bonds. The van der Waals surface area contributed by atoms with Gasteiger partial charge < -0.3 is 42.7 Å². The Bertz CT molecular complexity index is 620. The zero-order valence-electron chi connectivity index (χ0n) is 16.2. The first-order valence-electron chi connectivity index (χ1n) is 9.10. The molecule has 10 N–H and O–H groups in total. The molecular formula is C16H29N5O8S. The molecule has 0 heterocycles. The maximum atomic E-state index is 12.6. The molecule has 0 fully saturated rings. The van der Waals surface area contributed by atoms with Crippen molar-refractivity contribution in [2.45, 2.75) is 49.9 Å². The van der Waals surface area contributed by atoms with E-state index >= 15 is 0 Å². The number of unbranched alkanes of at least 4 members (excludes halogenated alkanes) is 1. The molecule has 0 aliphatic carbocycles. The van der Waals surface area contributed by atoms with E-state index in [4.69, 9.17) is 26.8 Å². The van der Waals surface area contributed by atoms with Crippen LogP contribution in [0.3, 0.4) is 0 Å². The van der Waals surface area contributed by atoms with E-state index in [2.05, 4.69) is 28.6 Å². The van der Waals surface area contributed by atoms with Gasteiger partial charge >= 0.3 is 11.9 Å². The van der Waals surface area contributed by atoms with Crippen LogP contribution in [0.4, 0.5) is 0 Å². The van der Waals surface area contributed by atoms with Crippen molar-refractivity contribution in [3.05, 3.63) is 0 Å². The smallest absolute Gasteiger partial charge is 0.328 e. The predicted octanol–water partition coefficient (Wildman–Crippen LogP) is -3.62. The van der Waals surface area contributed by atoms with Crippen molar-refractivity contribution in [1.29, 1.82) is 0 Å². The summed E-state index contributed by atoms with van der Waals surface area (Å²) in [5.41, 5.74) is 10.9. The van der Waals surface area contributed by atoms with Gasteiger partial charge in [-0.2, -0.15) is 12.6 Å². The number of carbonyl (C=O) groups excluding carboxylic acids is 3. The summed E-state index contributed by atoms with van der Waals surface area (Å²) in [4.78, 5) is 58.5. The highest BCUT2D eigenvalue weighted by molar-refractivity contribution is 7.80. The summed E-state index contributed by atoms with van der Waals surface area (Å²) in [6.07, 6.45) is 0.507. The van der Waals surface area contributed by atoms with Gasteiger partial charge in [0, 0.05) is 5.75 Å². The van der Waals surface area contributed by atoms with Crippen LogP contribution >= 0.6 is 12.6 Å². The average molecular weight is 452 g/mol. The molecule has 0 bridgehead atoms. The molecule has 14 heteroatoms. The van der Waals surface area contributed by atoms with Gasteiger partial charge in [0.05, 0.1) is 19.1 Å². The molecule has 4 unspecified atom stereocenters. The molecule has 172 valence electrons. The van der Waals surface area contributed by atoms with Crippen molar-refractivity contribution in [3.63, 3.8) is 0 Å². The van der Waals surface area contributed by atoms with Gasteiger partial charge in [-0.15, -0.1) is 0 Å². The van der Waals surface area contributed by atoms with Crippen LogP contribution in [0, 0.1) is 0 Å². The monoisotopic (exact) mass is 451 g/mol. The van der Waals surface area contributed by atoms with E-state index in [1.807, 2.05) is 0 Å². The first-order chi connectivity index (χ1) is 14.1. The first-order valence-corrected chi connectivity index (χ1v) is 9.73. The van der Waals surface area contributed by atoms with E-state index in [0.29, 0.717) is 19.4 Å². The van der Waals surface area contributed by atoms with Crippen LogP contribution in [0.25, 0.3) is 0 Å². The van der Waals surface area contributed by atoms with E-state index in [-0.39, 0.29) is 12.2 Å². The van der Waals surface area contributed by atoms with E-state index in [1.54, 1.807) is 0 Å². The van der Waals surface area contributed by atoms with Gasteiger partial charge in [0.15, 0.2) is 0 Å². The maximum absolute atomic E-state index is 12.6. The lowest BCUT2D eigenvalue weighted by Crippen LogP contribution is -2.58. The number of aliphatic hydroxyl groups excluding tert-OH is 1. The van der Waals surface area contributed by atoms with Crippen molar-refractivity contribution in [2.75, 3.05) is 18.9 Å². The molecular weight excluding hydrogens is 422 g/mol. The Morgan fingerprint density at radius 3 is 1.87 bits per heavy atom. The summed E-state index contributed by atoms with van der Waals surface area (Å²) in [5.74, 6) is -5.47. The fourth-order valence-corrected chi connectivity index (χ4v) is 2.50. The quantitative estimate of drug-likeness (QED) is 0.0875. The number of thiol groups is 1. The van der Waals surface area contributed by atoms with Crippen LogP contribution in [0.15, 0.2) is 0 Å². The number of rotatable bonds is 15. The lowest BCUT2D eigenvalue weighted by Gasteiger charge is -2.24. The van der Waals surface area contributed by atoms with Crippen LogP contribution in [-0.2, 0) is 24.0 Å². The molecule has 0 rings (SSSR count). The van der Waals surface area contributed by atoms with Crippen molar-refractivity contribution in [3.8, 4) is 0 Å². The van der Waals surface area contributed by atoms with Crippen LogP contribution < -0.4 is 27.4 Å². The fourth-order valence-electron chi connectivity index (χ4n) is 2.25. The van der Waals surface area contributed by atoms with Gasteiger partial charge in [-0.05, 0) is 25.8 Å². The molecule has 0 saturated heterocycles. The third-order valence-corrected chi connectivity index (χ3v) is 4.29. The Morgan fingerprint density at radius 1 is 0.867 bits per heavy atom. The summed E-state index contributed by atoms with van der Waals surface area (Å²) in [6, 6.07) is -5.33. The van der Waals surface area contributed by atoms with Crippen LogP contribution in [0.1, 0.15) is 25.7 Å². The van der Waals surface area contributed by atoms with Gasteiger partial charge in [-0.3, -0.25) is 19.2 Å². The molecule has 0 aromatic rings. The van der Waals surface area contributed by atoms with Gasteiger partial charge in [-0.25, -0.2) is 4.79 Å². The van der Waals surface area contributed by atoms with Crippen molar-refractivity contribution < 1.29 is 39.3 Å². The predicted molar refractivity (Wildman–Crippen MR) is 108 cm³/mol. The SMILES string of the molecule is NCCCCC(NC(=O)C(N)CC(=O)O)C(=O)NC(CS)C(=O)NC(CO)C(=O)O. The molecule has 0 aromatic carbocycles. The van der Waals surface area contributed by atoms with Crippen LogP contribution in [-0.4, -0.2) is 88.1 Å². The van der Waals surface area contributed by atoms with Crippen molar-refractivity contribution in [2.24, 2.45) is 11.5 Å². The van der Waals surface area contributed by atoms with Gasteiger partial charge in [0.25, 0.3) is 0 Å². The summed E-state index contributed by atoms with van der Waals surface area (Å²) in [6.45, 7) is -0.506. The van der Waals surface area contributed by atoms with E-state index in [0.717, 1.165) is 0 Å². The van der Waals surface area contributed by atoms with Gasteiger partial charge in [0.2, 0.25) is 17.7 Å². The topological polar surface area (TPSA) is 234 Å². The average Bonchev–Trinajstić information content (AvgIpc) is 2.68. The lowest BCUT2D eigenvalue weighted by molar-refractivity contribution is -0.143. The summed E-state index contributed by atoms with van der Waals surface area (Å²) < 4.78 is 0. The Morgan fingerprint density at radius 2 is 1.40 bits per heavy atom. The molecule has 0 radical (unpaired) electrons. The summed E-state index contributed by atoms with van der Waals surface area (Å²) in [7, 11) is 0. The number of nitrogens with two attached hydrogens (primary N) is 2. The Labute approximate surface area is 178 Å². The third kappa shape index (κ3) is 10.4. The Balaban J connectivity index is 5.17. The molecule has 4 atom stereocenters. The Hall–Kier alpha value is -2.42. The van der Waals surface area contributed by atoms with Gasteiger partial charge in [0.1, 0.15) is 18.1 Å². The number of carboxylic acid groups (broad SMARTS) is 2. The number of carbonyl (C=O) groups is 5. The standard InChI is InChI=1S/C16H29N5O8S/c17-4-2-1-3-9(19-13(25)8(18)5-12(23)24)14(26)21-11(7-30)15(27)20-10(6-22)16(28)29/h8-11,22,30H,1-7,17-18H2,(H,19,25)(H,20,27)(H,21,26)(H,23,24)(H,28,29). The second-order valence-electron chi connectivity index (χ2n) is 6.38.